The minimum atomic E-state index is -0.547. The predicted molar refractivity (Wildman–Crippen MR) is 115 cm³/mol. The van der Waals surface area contributed by atoms with Gasteiger partial charge >= 0.3 is 0 Å². The van der Waals surface area contributed by atoms with Crippen molar-refractivity contribution in [1.29, 1.82) is 0 Å². The van der Waals surface area contributed by atoms with Crippen LogP contribution in [0.3, 0.4) is 0 Å². The van der Waals surface area contributed by atoms with Crippen LogP contribution in [-0.2, 0) is 11.2 Å². The van der Waals surface area contributed by atoms with Gasteiger partial charge in [-0.05, 0) is 55.8 Å². The Morgan fingerprint density at radius 3 is 2.62 bits per heavy atom. The number of para-hydroxylation sites is 1. The summed E-state index contributed by atoms with van der Waals surface area (Å²) in [5.41, 5.74) is 2.22. The number of benzene rings is 2. The molecule has 1 atom stereocenters. The van der Waals surface area contributed by atoms with Gasteiger partial charge in [0.2, 0.25) is 0 Å². The molecule has 154 valence electrons. The first-order valence-electron chi connectivity index (χ1n) is 9.75. The van der Waals surface area contributed by atoms with Crippen LogP contribution in [0, 0.1) is 0 Å². The lowest BCUT2D eigenvalue weighted by Gasteiger charge is -2.31. The number of carbonyl (C=O) groups excluding carboxylic acids is 2. The van der Waals surface area contributed by atoms with E-state index in [-0.39, 0.29) is 30.3 Å². The van der Waals surface area contributed by atoms with Crippen molar-refractivity contribution in [3.8, 4) is 5.75 Å². The van der Waals surface area contributed by atoms with Gasteiger partial charge in [0.25, 0.3) is 11.8 Å². The largest absolute Gasteiger partial charge is 0.480 e. The number of anilines is 1. The van der Waals surface area contributed by atoms with E-state index in [9.17, 15) is 9.59 Å². The molecule has 2 aliphatic heterocycles. The number of amides is 2. The van der Waals surface area contributed by atoms with E-state index >= 15 is 0 Å². The standard InChI is InChI=1S/C22H25N3O3.ClH/c1-25(18-9-11-23-12-10-18)22(27)16-6-4-7-17(13-16)24-21(26)20-14-15-5-2-3-8-19(15)28-20;/h2-8,13,18,20,23H,9-12,14H2,1H3,(H,24,26);1H. The number of rotatable bonds is 4. The zero-order chi connectivity index (χ0) is 19.5. The summed E-state index contributed by atoms with van der Waals surface area (Å²) in [6.07, 6.45) is 1.92. The number of nitrogens with one attached hydrogen (secondary N) is 2. The van der Waals surface area contributed by atoms with Crippen LogP contribution in [0.4, 0.5) is 5.69 Å². The Morgan fingerprint density at radius 2 is 1.86 bits per heavy atom. The van der Waals surface area contributed by atoms with Crippen LogP contribution in [0.5, 0.6) is 5.75 Å². The molecule has 6 nitrogen and oxygen atoms in total. The SMILES string of the molecule is CN(C(=O)c1cccc(NC(=O)C2Cc3ccccc3O2)c1)C1CCNCC1.Cl. The maximum Gasteiger partial charge on any atom is 0.265 e. The number of fused-ring (bicyclic) bond motifs is 1. The predicted octanol–water partition coefficient (Wildman–Crippen LogP) is 2.87. The molecule has 1 saturated heterocycles. The lowest BCUT2D eigenvalue weighted by atomic mass is 10.0. The third-order valence-corrected chi connectivity index (χ3v) is 5.49. The van der Waals surface area contributed by atoms with Crippen LogP contribution >= 0.6 is 12.4 Å². The van der Waals surface area contributed by atoms with Crippen LogP contribution in [0.25, 0.3) is 0 Å². The van der Waals surface area contributed by atoms with Gasteiger partial charge in [0.05, 0.1) is 0 Å². The van der Waals surface area contributed by atoms with Crippen LogP contribution in [0.15, 0.2) is 48.5 Å². The highest BCUT2D eigenvalue weighted by atomic mass is 35.5. The molecule has 0 bridgehead atoms. The Hall–Kier alpha value is -2.57. The quantitative estimate of drug-likeness (QED) is 0.805. The lowest BCUT2D eigenvalue weighted by Crippen LogP contribution is -2.44. The molecular formula is C22H26ClN3O3. The van der Waals surface area contributed by atoms with Crippen molar-refractivity contribution in [2.45, 2.75) is 31.4 Å². The van der Waals surface area contributed by atoms with Gasteiger partial charge in [-0.2, -0.15) is 0 Å². The molecule has 2 aromatic carbocycles. The van der Waals surface area contributed by atoms with E-state index in [0.29, 0.717) is 17.7 Å². The van der Waals surface area contributed by atoms with Crippen LogP contribution in [0.2, 0.25) is 0 Å². The zero-order valence-corrected chi connectivity index (χ0v) is 17.2. The summed E-state index contributed by atoms with van der Waals surface area (Å²) in [5.74, 6) is 0.537. The molecule has 2 heterocycles. The number of hydrogen-bond acceptors (Lipinski definition) is 4. The second-order valence-electron chi connectivity index (χ2n) is 7.39. The molecule has 1 unspecified atom stereocenters. The Kier molecular flexibility index (Phi) is 6.77. The maximum atomic E-state index is 12.9. The number of carbonyl (C=O) groups is 2. The molecule has 2 amide bonds. The van der Waals surface area contributed by atoms with Crippen molar-refractivity contribution in [2.24, 2.45) is 0 Å². The first kappa shape index (κ1) is 21.1. The van der Waals surface area contributed by atoms with Crippen molar-refractivity contribution in [3.63, 3.8) is 0 Å². The van der Waals surface area contributed by atoms with Gasteiger partial charge in [-0.1, -0.05) is 24.3 Å². The summed E-state index contributed by atoms with van der Waals surface area (Å²) in [7, 11) is 1.85. The summed E-state index contributed by atoms with van der Waals surface area (Å²) >= 11 is 0. The number of ether oxygens (including phenoxy) is 1. The van der Waals surface area contributed by atoms with Crippen molar-refractivity contribution in [3.05, 3.63) is 59.7 Å². The molecule has 0 saturated carbocycles. The molecule has 29 heavy (non-hydrogen) atoms. The molecule has 2 aliphatic rings. The second kappa shape index (κ2) is 9.29. The summed E-state index contributed by atoms with van der Waals surface area (Å²) in [6.45, 7) is 1.87. The first-order valence-corrected chi connectivity index (χ1v) is 9.75. The van der Waals surface area contributed by atoms with Gasteiger partial charge in [0.15, 0.2) is 6.10 Å². The Labute approximate surface area is 177 Å². The van der Waals surface area contributed by atoms with Gasteiger partial charge in [-0.3, -0.25) is 9.59 Å². The number of piperidine rings is 1. The lowest BCUT2D eigenvalue weighted by molar-refractivity contribution is -0.122. The van der Waals surface area contributed by atoms with Gasteiger partial charge in [0.1, 0.15) is 5.75 Å². The Morgan fingerprint density at radius 1 is 1.10 bits per heavy atom. The van der Waals surface area contributed by atoms with E-state index in [0.717, 1.165) is 37.2 Å². The van der Waals surface area contributed by atoms with Crippen molar-refractivity contribution >= 4 is 29.9 Å². The summed E-state index contributed by atoms with van der Waals surface area (Å²) < 4.78 is 5.74. The average Bonchev–Trinajstić information content (AvgIpc) is 3.18. The van der Waals surface area contributed by atoms with Gasteiger partial charge in [-0.25, -0.2) is 0 Å². The highest BCUT2D eigenvalue weighted by Gasteiger charge is 2.29. The highest BCUT2D eigenvalue weighted by molar-refractivity contribution is 5.98. The van der Waals surface area contributed by atoms with Gasteiger partial charge in [0, 0.05) is 30.8 Å². The van der Waals surface area contributed by atoms with E-state index in [4.69, 9.17) is 4.74 Å². The fraction of sp³-hybridized carbons (Fsp3) is 0.364. The van der Waals surface area contributed by atoms with Crippen molar-refractivity contribution in [2.75, 3.05) is 25.5 Å². The van der Waals surface area contributed by atoms with Crippen LogP contribution in [-0.4, -0.2) is 49.0 Å². The molecular weight excluding hydrogens is 390 g/mol. The minimum absolute atomic E-state index is 0. The van der Waals surface area contributed by atoms with Crippen LogP contribution < -0.4 is 15.4 Å². The topological polar surface area (TPSA) is 70.7 Å². The molecule has 4 rings (SSSR count). The fourth-order valence-corrected chi connectivity index (χ4v) is 3.84. The summed E-state index contributed by atoms with van der Waals surface area (Å²) in [4.78, 5) is 27.3. The Bertz CT molecular complexity index is 858. The average molecular weight is 416 g/mol. The number of halogens is 1. The monoisotopic (exact) mass is 415 g/mol. The maximum absolute atomic E-state index is 12.9. The number of nitrogens with zero attached hydrogens (tertiary/aromatic N) is 1. The Balaban J connectivity index is 0.00000240. The third kappa shape index (κ3) is 4.71. The molecule has 7 heteroatoms. The highest BCUT2D eigenvalue weighted by Crippen LogP contribution is 2.28. The molecule has 0 spiro atoms. The molecule has 0 radical (unpaired) electrons. The molecule has 2 N–H and O–H groups in total. The molecule has 1 fully saturated rings. The molecule has 0 aliphatic carbocycles. The molecule has 0 aromatic heterocycles. The van der Waals surface area contributed by atoms with Crippen molar-refractivity contribution < 1.29 is 14.3 Å². The van der Waals surface area contributed by atoms with E-state index in [1.807, 2.05) is 36.2 Å². The summed E-state index contributed by atoms with van der Waals surface area (Å²) in [6, 6.07) is 15.0. The van der Waals surface area contributed by atoms with E-state index in [2.05, 4.69) is 10.6 Å². The molecule has 2 aromatic rings. The fourth-order valence-electron chi connectivity index (χ4n) is 3.84. The second-order valence-corrected chi connectivity index (χ2v) is 7.39. The van der Waals surface area contributed by atoms with Crippen molar-refractivity contribution in [1.82, 2.24) is 10.2 Å². The van der Waals surface area contributed by atoms with E-state index in [1.165, 1.54) is 0 Å². The number of hydrogen-bond donors (Lipinski definition) is 2. The zero-order valence-electron chi connectivity index (χ0n) is 16.4. The normalized spacial score (nSPS) is 18.2. The van der Waals surface area contributed by atoms with E-state index in [1.54, 1.807) is 24.3 Å². The third-order valence-electron chi connectivity index (χ3n) is 5.49. The summed E-state index contributed by atoms with van der Waals surface area (Å²) in [5, 5.41) is 6.20. The van der Waals surface area contributed by atoms with Gasteiger partial charge < -0.3 is 20.3 Å². The van der Waals surface area contributed by atoms with E-state index < -0.39 is 6.10 Å². The van der Waals surface area contributed by atoms with Crippen LogP contribution in [0.1, 0.15) is 28.8 Å². The first-order chi connectivity index (χ1) is 13.6. The minimum Gasteiger partial charge on any atom is -0.480 e. The van der Waals surface area contributed by atoms with Gasteiger partial charge in [-0.15, -0.1) is 12.4 Å². The smallest absolute Gasteiger partial charge is 0.265 e.